The lowest BCUT2D eigenvalue weighted by molar-refractivity contribution is 0.0950. The summed E-state index contributed by atoms with van der Waals surface area (Å²) in [6.07, 6.45) is 3.43. The molecule has 7 heteroatoms. The van der Waals surface area contributed by atoms with E-state index in [1.807, 2.05) is 12.1 Å². The molecule has 2 aromatic rings. The zero-order valence-corrected chi connectivity index (χ0v) is 13.2. The molecule has 0 bridgehead atoms. The van der Waals surface area contributed by atoms with E-state index in [2.05, 4.69) is 15.0 Å². The third-order valence-electron chi connectivity index (χ3n) is 3.48. The fraction of sp³-hybridized carbons (Fsp3) is 0.250. The molecule has 120 valence electrons. The quantitative estimate of drug-likeness (QED) is 0.838. The molecule has 1 amide bonds. The van der Waals surface area contributed by atoms with Crippen LogP contribution in [0.2, 0.25) is 0 Å². The summed E-state index contributed by atoms with van der Waals surface area (Å²) in [5.41, 5.74) is 1.17. The first-order chi connectivity index (χ1) is 11.0. The predicted octanol–water partition coefficient (Wildman–Crippen LogP) is 1.45. The molecule has 0 saturated heterocycles. The lowest BCUT2D eigenvalue weighted by atomic mass is 10.2. The molecule has 1 heterocycles. The van der Waals surface area contributed by atoms with E-state index >= 15 is 0 Å². The van der Waals surface area contributed by atoms with Gasteiger partial charge in [0.2, 0.25) is 10.0 Å². The first kappa shape index (κ1) is 15.6. The molecule has 1 aliphatic rings. The van der Waals surface area contributed by atoms with E-state index in [0.29, 0.717) is 12.1 Å². The molecule has 1 aliphatic carbocycles. The monoisotopic (exact) mass is 331 g/mol. The average Bonchev–Trinajstić information content (AvgIpc) is 3.37. The SMILES string of the molecule is O=C(NCc1ccccn1)c1ccc(S(=O)(=O)NC2CC2)cc1. The lowest BCUT2D eigenvalue weighted by Gasteiger charge is -2.07. The summed E-state index contributed by atoms with van der Waals surface area (Å²) in [5, 5.41) is 2.75. The number of nitrogens with one attached hydrogen (secondary N) is 2. The van der Waals surface area contributed by atoms with Crippen molar-refractivity contribution in [3.8, 4) is 0 Å². The van der Waals surface area contributed by atoms with Crippen LogP contribution in [0.25, 0.3) is 0 Å². The number of pyridine rings is 1. The van der Waals surface area contributed by atoms with Gasteiger partial charge in [-0.25, -0.2) is 13.1 Å². The Balaban J connectivity index is 1.63. The Morgan fingerprint density at radius 2 is 1.87 bits per heavy atom. The fourth-order valence-electron chi connectivity index (χ4n) is 2.05. The van der Waals surface area contributed by atoms with E-state index in [9.17, 15) is 13.2 Å². The van der Waals surface area contributed by atoms with Crippen molar-refractivity contribution in [2.24, 2.45) is 0 Å². The lowest BCUT2D eigenvalue weighted by Crippen LogP contribution is -2.26. The van der Waals surface area contributed by atoms with Gasteiger partial charge in [0.15, 0.2) is 0 Å². The highest BCUT2D eigenvalue weighted by molar-refractivity contribution is 7.89. The van der Waals surface area contributed by atoms with Gasteiger partial charge in [0, 0.05) is 17.8 Å². The first-order valence-corrected chi connectivity index (χ1v) is 8.83. The zero-order valence-electron chi connectivity index (χ0n) is 12.4. The molecule has 0 radical (unpaired) electrons. The molecular formula is C16H17N3O3S. The zero-order chi connectivity index (χ0) is 16.3. The Bertz CT molecular complexity index is 785. The highest BCUT2D eigenvalue weighted by Crippen LogP contribution is 2.22. The third-order valence-corrected chi connectivity index (χ3v) is 5.02. The minimum atomic E-state index is -3.49. The second-order valence-electron chi connectivity index (χ2n) is 5.42. The molecule has 0 atom stereocenters. The standard InChI is InChI=1S/C16H17N3O3S/c20-16(18-11-14-3-1-2-10-17-14)12-4-8-15(9-5-12)23(21,22)19-13-6-7-13/h1-5,8-10,13,19H,6-7,11H2,(H,18,20). The van der Waals surface area contributed by atoms with Crippen molar-refractivity contribution in [2.75, 3.05) is 0 Å². The second kappa shape index (κ2) is 6.47. The number of amides is 1. The van der Waals surface area contributed by atoms with Crippen LogP contribution in [0, 0.1) is 0 Å². The Labute approximate surface area is 135 Å². The highest BCUT2D eigenvalue weighted by atomic mass is 32.2. The Morgan fingerprint density at radius 1 is 1.13 bits per heavy atom. The fourth-order valence-corrected chi connectivity index (χ4v) is 3.35. The molecule has 1 saturated carbocycles. The molecule has 1 fully saturated rings. The number of carbonyl (C=O) groups is 1. The Morgan fingerprint density at radius 3 is 2.48 bits per heavy atom. The van der Waals surface area contributed by atoms with Crippen molar-refractivity contribution in [2.45, 2.75) is 30.3 Å². The van der Waals surface area contributed by atoms with Crippen molar-refractivity contribution < 1.29 is 13.2 Å². The number of aromatic nitrogens is 1. The van der Waals surface area contributed by atoms with Crippen molar-refractivity contribution in [1.82, 2.24) is 15.0 Å². The number of rotatable bonds is 6. The number of benzene rings is 1. The normalized spacial score (nSPS) is 14.4. The summed E-state index contributed by atoms with van der Waals surface area (Å²) in [6.45, 7) is 0.322. The summed E-state index contributed by atoms with van der Waals surface area (Å²) >= 11 is 0. The van der Waals surface area contributed by atoms with E-state index < -0.39 is 10.0 Å². The smallest absolute Gasteiger partial charge is 0.251 e. The minimum absolute atomic E-state index is 0.0568. The Hall–Kier alpha value is -2.25. The highest BCUT2D eigenvalue weighted by Gasteiger charge is 2.27. The van der Waals surface area contributed by atoms with Crippen LogP contribution in [0.1, 0.15) is 28.9 Å². The molecular weight excluding hydrogens is 314 g/mol. The maximum atomic E-state index is 12.1. The number of hydrogen-bond donors (Lipinski definition) is 2. The summed E-state index contributed by atoms with van der Waals surface area (Å²) in [6, 6.07) is 11.4. The van der Waals surface area contributed by atoms with E-state index in [1.54, 1.807) is 12.3 Å². The van der Waals surface area contributed by atoms with E-state index in [4.69, 9.17) is 0 Å². The van der Waals surface area contributed by atoms with Crippen molar-refractivity contribution in [3.63, 3.8) is 0 Å². The van der Waals surface area contributed by atoms with Crippen molar-refractivity contribution in [1.29, 1.82) is 0 Å². The van der Waals surface area contributed by atoms with Gasteiger partial charge in [0.25, 0.3) is 5.91 Å². The number of carbonyl (C=O) groups excluding carboxylic acids is 1. The van der Waals surface area contributed by atoms with Gasteiger partial charge in [0.05, 0.1) is 17.1 Å². The molecule has 0 unspecified atom stereocenters. The average molecular weight is 331 g/mol. The molecule has 6 nitrogen and oxygen atoms in total. The minimum Gasteiger partial charge on any atom is -0.346 e. The maximum absolute atomic E-state index is 12.1. The molecule has 1 aromatic carbocycles. The topological polar surface area (TPSA) is 88.2 Å². The van der Waals surface area contributed by atoms with E-state index in [1.165, 1.54) is 24.3 Å². The molecule has 0 spiro atoms. The van der Waals surface area contributed by atoms with Gasteiger partial charge < -0.3 is 5.32 Å². The van der Waals surface area contributed by atoms with Crippen LogP contribution < -0.4 is 10.0 Å². The van der Waals surface area contributed by atoms with Crippen LogP contribution in [-0.2, 0) is 16.6 Å². The van der Waals surface area contributed by atoms with Crippen LogP contribution in [0.15, 0.2) is 53.6 Å². The Kier molecular flexibility index (Phi) is 4.40. The second-order valence-corrected chi connectivity index (χ2v) is 7.14. The molecule has 23 heavy (non-hydrogen) atoms. The van der Waals surface area contributed by atoms with Crippen molar-refractivity contribution >= 4 is 15.9 Å². The van der Waals surface area contributed by atoms with Crippen LogP contribution in [0.4, 0.5) is 0 Å². The summed E-state index contributed by atoms with van der Waals surface area (Å²) in [4.78, 5) is 16.4. The predicted molar refractivity (Wildman–Crippen MR) is 85.2 cm³/mol. The van der Waals surface area contributed by atoms with Crippen LogP contribution >= 0.6 is 0 Å². The molecule has 3 rings (SSSR count). The number of hydrogen-bond acceptors (Lipinski definition) is 4. The van der Waals surface area contributed by atoms with Crippen LogP contribution in [0.5, 0.6) is 0 Å². The van der Waals surface area contributed by atoms with Gasteiger partial charge in [0.1, 0.15) is 0 Å². The van der Waals surface area contributed by atoms with Crippen LogP contribution in [-0.4, -0.2) is 25.4 Å². The van der Waals surface area contributed by atoms with Gasteiger partial charge >= 0.3 is 0 Å². The van der Waals surface area contributed by atoms with E-state index in [-0.39, 0.29) is 16.8 Å². The molecule has 0 aliphatic heterocycles. The summed E-state index contributed by atoms with van der Waals surface area (Å²) in [7, 11) is -3.49. The van der Waals surface area contributed by atoms with Gasteiger partial charge in [-0.3, -0.25) is 9.78 Å². The van der Waals surface area contributed by atoms with Crippen molar-refractivity contribution in [3.05, 3.63) is 59.9 Å². The number of nitrogens with zero attached hydrogens (tertiary/aromatic N) is 1. The van der Waals surface area contributed by atoms with Gasteiger partial charge in [-0.2, -0.15) is 0 Å². The maximum Gasteiger partial charge on any atom is 0.251 e. The van der Waals surface area contributed by atoms with E-state index in [0.717, 1.165) is 18.5 Å². The molecule has 1 aromatic heterocycles. The molecule has 2 N–H and O–H groups in total. The van der Waals surface area contributed by atoms with Gasteiger partial charge in [-0.05, 0) is 49.2 Å². The van der Waals surface area contributed by atoms with Crippen LogP contribution in [0.3, 0.4) is 0 Å². The number of sulfonamides is 1. The first-order valence-electron chi connectivity index (χ1n) is 7.35. The van der Waals surface area contributed by atoms with Gasteiger partial charge in [-0.1, -0.05) is 6.07 Å². The third kappa shape index (κ3) is 4.14. The van der Waals surface area contributed by atoms with Gasteiger partial charge in [-0.15, -0.1) is 0 Å². The summed E-state index contributed by atoms with van der Waals surface area (Å²) in [5.74, 6) is -0.269. The largest absolute Gasteiger partial charge is 0.346 e. The summed E-state index contributed by atoms with van der Waals surface area (Å²) < 4.78 is 26.7.